The summed E-state index contributed by atoms with van der Waals surface area (Å²) in [7, 11) is 0. The average Bonchev–Trinajstić information content (AvgIpc) is 2.38. The molecule has 1 aromatic carbocycles. The number of rotatable bonds is 3. The lowest BCUT2D eigenvalue weighted by molar-refractivity contribution is 0.0697. The van der Waals surface area contributed by atoms with Crippen LogP contribution in [0.15, 0.2) is 53.8 Å². The maximum Gasteiger partial charge on any atom is 0.335 e. The zero-order valence-corrected chi connectivity index (χ0v) is 8.95. The van der Waals surface area contributed by atoms with Gasteiger partial charge in [0.05, 0.1) is 11.3 Å². The van der Waals surface area contributed by atoms with Crippen molar-refractivity contribution < 1.29 is 9.90 Å². The second kappa shape index (κ2) is 5.03. The molecule has 1 aromatic heterocycles. The van der Waals surface area contributed by atoms with E-state index in [4.69, 9.17) is 5.11 Å². The molecule has 0 fully saturated rings. The van der Waals surface area contributed by atoms with E-state index in [0.29, 0.717) is 5.69 Å². The van der Waals surface area contributed by atoms with Gasteiger partial charge in [-0.05, 0) is 42.0 Å². The lowest BCUT2D eigenvalue weighted by Gasteiger charge is -1.95. The number of hydrogen-bond acceptors (Lipinski definition) is 3. The minimum atomic E-state index is -0.935. The molecule has 4 nitrogen and oxygen atoms in total. The summed E-state index contributed by atoms with van der Waals surface area (Å²) < 4.78 is 0. The molecular weight excluding hydrogens is 216 g/mol. The number of carboxylic acids is 1. The van der Waals surface area contributed by atoms with Gasteiger partial charge in [0.1, 0.15) is 0 Å². The summed E-state index contributed by atoms with van der Waals surface area (Å²) in [6.07, 6.45) is 5.08. The van der Waals surface area contributed by atoms with Gasteiger partial charge >= 0.3 is 5.97 Å². The monoisotopic (exact) mass is 226 g/mol. The van der Waals surface area contributed by atoms with E-state index in [9.17, 15) is 4.79 Å². The molecule has 0 spiro atoms. The predicted octanol–water partition coefficient (Wildman–Crippen LogP) is 2.53. The van der Waals surface area contributed by atoms with E-state index in [0.717, 1.165) is 5.56 Å². The molecule has 4 heteroatoms. The Morgan fingerprint density at radius 3 is 2.35 bits per heavy atom. The van der Waals surface area contributed by atoms with Crippen molar-refractivity contribution in [1.82, 2.24) is 4.98 Å². The second-order valence-electron chi connectivity index (χ2n) is 3.39. The summed E-state index contributed by atoms with van der Waals surface area (Å²) in [6, 6.07) is 10.1. The Hall–Kier alpha value is -2.49. The van der Waals surface area contributed by atoms with E-state index >= 15 is 0 Å². The fraction of sp³-hybridized carbons (Fsp3) is 0. The zero-order valence-electron chi connectivity index (χ0n) is 8.95. The number of aromatic nitrogens is 1. The van der Waals surface area contributed by atoms with Gasteiger partial charge in [0, 0.05) is 18.6 Å². The third-order valence-electron chi connectivity index (χ3n) is 2.18. The Kier molecular flexibility index (Phi) is 3.25. The van der Waals surface area contributed by atoms with Crippen LogP contribution in [0, 0.1) is 0 Å². The maximum atomic E-state index is 10.6. The quantitative estimate of drug-likeness (QED) is 0.818. The SMILES string of the molecule is O=C(O)c1ccc(N=Cc2ccncc2)cc1. The maximum absolute atomic E-state index is 10.6. The number of carboxylic acid groups (broad SMARTS) is 1. The minimum Gasteiger partial charge on any atom is -0.478 e. The standard InChI is InChI=1S/C13H10N2O2/c16-13(17)11-1-3-12(4-2-11)15-9-10-5-7-14-8-6-10/h1-9H,(H,16,17). The van der Waals surface area contributed by atoms with Crippen molar-refractivity contribution in [2.45, 2.75) is 0 Å². The molecule has 2 rings (SSSR count). The first-order chi connectivity index (χ1) is 8.25. The molecular formula is C13H10N2O2. The number of carbonyl (C=O) groups is 1. The van der Waals surface area contributed by atoms with Gasteiger partial charge in [-0.15, -0.1) is 0 Å². The highest BCUT2D eigenvalue weighted by atomic mass is 16.4. The van der Waals surface area contributed by atoms with Gasteiger partial charge < -0.3 is 5.11 Å². The van der Waals surface area contributed by atoms with Crippen molar-refractivity contribution in [2.75, 3.05) is 0 Å². The van der Waals surface area contributed by atoms with Crippen LogP contribution in [0.2, 0.25) is 0 Å². The highest BCUT2D eigenvalue weighted by Gasteiger charge is 2.00. The molecule has 0 atom stereocenters. The van der Waals surface area contributed by atoms with Gasteiger partial charge in [-0.2, -0.15) is 0 Å². The highest BCUT2D eigenvalue weighted by Crippen LogP contribution is 2.13. The molecule has 0 aliphatic carbocycles. The van der Waals surface area contributed by atoms with Gasteiger partial charge in [0.15, 0.2) is 0 Å². The molecule has 17 heavy (non-hydrogen) atoms. The lowest BCUT2D eigenvalue weighted by atomic mass is 10.2. The van der Waals surface area contributed by atoms with Gasteiger partial charge in [0.25, 0.3) is 0 Å². The molecule has 0 aliphatic rings. The fourth-order valence-electron chi connectivity index (χ4n) is 1.29. The van der Waals surface area contributed by atoms with Crippen LogP contribution in [0.3, 0.4) is 0 Å². The van der Waals surface area contributed by atoms with E-state index in [-0.39, 0.29) is 5.56 Å². The van der Waals surface area contributed by atoms with Crippen LogP contribution in [0.5, 0.6) is 0 Å². The minimum absolute atomic E-state index is 0.257. The summed E-state index contributed by atoms with van der Waals surface area (Å²) in [5, 5.41) is 8.74. The van der Waals surface area contributed by atoms with Crippen molar-refractivity contribution in [1.29, 1.82) is 0 Å². The van der Waals surface area contributed by atoms with E-state index in [1.807, 2.05) is 12.1 Å². The smallest absolute Gasteiger partial charge is 0.335 e. The summed E-state index contributed by atoms with van der Waals surface area (Å²) >= 11 is 0. The first-order valence-corrected chi connectivity index (χ1v) is 5.03. The Morgan fingerprint density at radius 2 is 1.76 bits per heavy atom. The van der Waals surface area contributed by atoms with Crippen LogP contribution in [-0.4, -0.2) is 22.3 Å². The molecule has 0 radical (unpaired) electrons. The molecule has 1 heterocycles. The number of pyridine rings is 1. The zero-order chi connectivity index (χ0) is 12.1. The summed E-state index contributed by atoms with van der Waals surface area (Å²) in [4.78, 5) is 18.8. The van der Waals surface area contributed by atoms with E-state index < -0.39 is 5.97 Å². The van der Waals surface area contributed by atoms with Gasteiger partial charge in [-0.3, -0.25) is 9.98 Å². The molecule has 2 aromatic rings. The Morgan fingerprint density at radius 1 is 1.12 bits per heavy atom. The molecule has 0 amide bonds. The van der Waals surface area contributed by atoms with Gasteiger partial charge in [-0.1, -0.05) is 0 Å². The molecule has 0 unspecified atom stereocenters. The average molecular weight is 226 g/mol. The number of nitrogens with zero attached hydrogens (tertiary/aromatic N) is 2. The normalized spacial score (nSPS) is 10.6. The molecule has 0 saturated carbocycles. The van der Waals surface area contributed by atoms with Crippen molar-refractivity contribution in [3.63, 3.8) is 0 Å². The molecule has 0 saturated heterocycles. The Balaban J connectivity index is 2.14. The number of benzene rings is 1. The third-order valence-corrected chi connectivity index (χ3v) is 2.18. The number of aromatic carboxylic acids is 1. The first kappa shape index (κ1) is 11.0. The third kappa shape index (κ3) is 2.98. The van der Waals surface area contributed by atoms with Crippen LogP contribution in [0.25, 0.3) is 0 Å². The van der Waals surface area contributed by atoms with E-state index in [2.05, 4.69) is 9.98 Å². The van der Waals surface area contributed by atoms with Crippen LogP contribution in [0.4, 0.5) is 5.69 Å². The largest absolute Gasteiger partial charge is 0.478 e. The van der Waals surface area contributed by atoms with Crippen LogP contribution in [-0.2, 0) is 0 Å². The van der Waals surface area contributed by atoms with Crippen LogP contribution >= 0.6 is 0 Å². The Labute approximate surface area is 98.3 Å². The van der Waals surface area contributed by atoms with Crippen molar-refractivity contribution in [3.8, 4) is 0 Å². The molecule has 0 bridgehead atoms. The van der Waals surface area contributed by atoms with Crippen molar-refractivity contribution in [2.24, 2.45) is 4.99 Å². The first-order valence-electron chi connectivity index (χ1n) is 5.03. The highest BCUT2D eigenvalue weighted by molar-refractivity contribution is 5.88. The molecule has 0 aliphatic heterocycles. The molecule has 1 N–H and O–H groups in total. The van der Waals surface area contributed by atoms with E-state index in [1.165, 1.54) is 12.1 Å². The molecule has 84 valence electrons. The topological polar surface area (TPSA) is 62.5 Å². The van der Waals surface area contributed by atoms with Crippen LogP contribution in [0.1, 0.15) is 15.9 Å². The lowest BCUT2D eigenvalue weighted by Crippen LogP contribution is -1.94. The number of aliphatic imine (C=N–C) groups is 1. The summed E-state index contributed by atoms with van der Waals surface area (Å²) in [5.74, 6) is -0.935. The van der Waals surface area contributed by atoms with Gasteiger partial charge in [0.2, 0.25) is 0 Å². The Bertz CT molecular complexity index is 533. The number of hydrogen-bond donors (Lipinski definition) is 1. The van der Waals surface area contributed by atoms with Crippen LogP contribution < -0.4 is 0 Å². The predicted molar refractivity (Wildman–Crippen MR) is 64.9 cm³/mol. The second-order valence-corrected chi connectivity index (χ2v) is 3.39. The summed E-state index contributed by atoms with van der Waals surface area (Å²) in [6.45, 7) is 0. The van der Waals surface area contributed by atoms with E-state index in [1.54, 1.807) is 30.7 Å². The van der Waals surface area contributed by atoms with Crippen molar-refractivity contribution >= 4 is 17.9 Å². The fourth-order valence-corrected chi connectivity index (χ4v) is 1.29. The van der Waals surface area contributed by atoms with Gasteiger partial charge in [-0.25, -0.2) is 4.79 Å². The summed E-state index contributed by atoms with van der Waals surface area (Å²) in [5.41, 5.74) is 1.92. The van der Waals surface area contributed by atoms with Crippen molar-refractivity contribution in [3.05, 3.63) is 59.9 Å².